The molecule has 0 unspecified atom stereocenters. The molecule has 3 heteroatoms. The summed E-state index contributed by atoms with van der Waals surface area (Å²) in [6.07, 6.45) is 10.7. The summed E-state index contributed by atoms with van der Waals surface area (Å²) in [6, 6.07) is 6.50. The van der Waals surface area contributed by atoms with Gasteiger partial charge < -0.3 is 9.84 Å². The number of carboxylic acids is 1. The van der Waals surface area contributed by atoms with Crippen molar-refractivity contribution >= 4 is 5.97 Å². The molecule has 23 heavy (non-hydrogen) atoms. The molecule has 0 spiro atoms. The van der Waals surface area contributed by atoms with Crippen molar-refractivity contribution in [1.82, 2.24) is 0 Å². The summed E-state index contributed by atoms with van der Waals surface area (Å²) in [5.74, 6) is 2.58. The van der Waals surface area contributed by atoms with Gasteiger partial charge in [-0.25, -0.2) is 4.79 Å². The van der Waals surface area contributed by atoms with Crippen molar-refractivity contribution in [3.8, 4) is 5.75 Å². The summed E-state index contributed by atoms with van der Waals surface area (Å²) in [7, 11) is 0. The van der Waals surface area contributed by atoms with Crippen LogP contribution in [-0.2, 0) is 10.2 Å². The molecule has 4 aliphatic rings. The predicted molar refractivity (Wildman–Crippen MR) is 88.4 cm³/mol. The van der Waals surface area contributed by atoms with E-state index in [9.17, 15) is 4.79 Å². The van der Waals surface area contributed by atoms with Crippen LogP contribution < -0.4 is 4.74 Å². The maximum Gasteiger partial charge on any atom is 0.331 e. The third-order valence-electron chi connectivity index (χ3n) is 6.23. The van der Waals surface area contributed by atoms with Crippen LogP contribution >= 0.6 is 0 Å². The van der Waals surface area contributed by atoms with Gasteiger partial charge in [-0.3, -0.25) is 0 Å². The van der Waals surface area contributed by atoms with Gasteiger partial charge in [0.1, 0.15) is 5.75 Å². The van der Waals surface area contributed by atoms with Crippen LogP contribution in [0.25, 0.3) is 0 Å². The third kappa shape index (κ3) is 2.66. The van der Waals surface area contributed by atoms with E-state index in [1.807, 2.05) is 13.0 Å². The first-order chi connectivity index (χ1) is 11.0. The van der Waals surface area contributed by atoms with Crippen LogP contribution in [-0.4, -0.2) is 11.1 Å². The van der Waals surface area contributed by atoms with E-state index in [1.54, 1.807) is 0 Å². The predicted octanol–water partition coefficient (Wildman–Crippen LogP) is 4.44. The van der Waals surface area contributed by atoms with E-state index in [1.165, 1.54) is 50.4 Å². The fourth-order valence-corrected chi connectivity index (χ4v) is 5.74. The standard InChI is InChI=1S/C20H24O3/c1-13-6-17(2-3-18(13)23-5-4-19(21)22)20-10-14-7-15(11-20)9-16(8-14)12-20/h2-6,14-16H,7-12H2,1H3,(H,21,22). The van der Waals surface area contributed by atoms with Gasteiger partial charge in [-0.2, -0.15) is 0 Å². The van der Waals surface area contributed by atoms with Crippen LogP contribution in [0, 0.1) is 24.7 Å². The first-order valence-corrected chi connectivity index (χ1v) is 8.71. The van der Waals surface area contributed by atoms with Gasteiger partial charge in [0.25, 0.3) is 0 Å². The van der Waals surface area contributed by atoms with E-state index in [4.69, 9.17) is 9.84 Å². The second-order valence-corrected chi connectivity index (χ2v) is 7.94. The molecule has 4 bridgehead atoms. The molecule has 0 aliphatic heterocycles. The smallest absolute Gasteiger partial charge is 0.331 e. The summed E-state index contributed by atoms with van der Waals surface area (Å²) in [5.41, 5.74) is 2.96. The van der Waals surface area contributed by atoms with Gasteiger partial charge in [-0.15, -0.1) is 0 Å². The van der Waals surface area contributed by atoms with Gasteiger partial charge >= 0.3 is 5.97 Å². The Bertz CT molecular complexity index is 624. The topological polar surface area (TPSA) is 46.5 Å². The second-order valence-electron chi connectivity index (χ2n) is 7.94. The Morgan fingerprint density at radius 1 is 1.17 bits per heavy atom. The lowest BCUT2D eigenvalue weighted by Crippen LogP contribution is -2.48. The van der Waals surface area contributed by atoms with Crippen molar-refractivity contribution in [1.29, 1.82) is 0 Å². The van der Waals surface area contributed by atoms with E-state index in [0.717, 1.165) is 35.1 Å². The number of benzene rings is 1. The first-order valence-electron chi connectivity index (χ1n) is 8.71. The van der Waals surface area contributed by atoms with Crippen LogP contribution in [0.2, 0.25) is 0 Å². The molecule has 4 saturated carbocycles. The largest absolute Gasteiger partial charge is 0.478 e. The number of rotatable bonds is 4. The normalized spacial score (nSPS) is 34.9. The van der Waals surface area contributed by atoms with Crippen LogP contribution in [0.4, 0.5) is 0 Å². The fourth-order valence-electron chi connectivity index (χ4n) is 5.74. The van der Waals surface area contributed by atoms with Gasteiger partial charge in [-0.05, 0) is 85.8 Å². The second kappa shape index (κ2) is 5.40. The van der Waals surface area contributed by atoms with E-state index in [2.05, 4.69) is 12.1 Å². The minimum atomic E-state index is -0.993. The number of aliphatic carboxylic acids is 1. The number of ether oxygens (including phenoxy) is 1. The van der Waals surface area contributed by atoms with Crippen molar-refractivity contribution < 1.29 is 14.6 Å². The molecule has 122 valence electrons. The summed E-state index contributed by atoms with van der Waals surface area (Å²) in [4.78, 5) is 10.5. The third-order valence-corrected chi connectivity index (χ3v) is 6.23. The zero-order chi connectivity index (χ0) is 16.0. The Morgan fingerprint density at radius 2 is 1.78 bits per heavy atom. The van der Waals surface area contributed by atoms with Gasteiger partial charge in [0.2, 0.25) is 0 Å². The van der Waals surface area contributed by atoms with Gasteiger partial charge in [0.05, 0.1) is 12.3 Å². The number of carboxylic acid groups (broad SMARTS) is 1. The Labute approximate surface area is 137 Å². The lowest BCUT2D eigenvalue weighted by molar-refractivity contribution is -0.131. The molecule has 0 radical (unpaired) electrons. The first kappa shape index (κ1) is 14.8. The molecule has 3 nitrogen and oxygen atoms in total. The van der Waals surface area contributed by atoms with Crippen LogP contribution in [0.3, 0.4) is 0 Å². The molecule has 1 aromatic carbocycles. The molecule has 0 saturated heterocycles. The van der Waals surface area contributed by atoms with Crippen LogP contribution in [0.5, 0.6) is 5.75 Å². The van der Waals surface area contributed by atoms with Gasteiger partial charge in [0.15, 0.2) is 0 Å². The lowest BCUT2D eigenvalue weighted by atomic mass is 9.48. The van der Waals surface area contributed by atoms with Crippen molar-refractivity contribution in [3.05, 3.63) is 41.7 Å². The van der Waals surface area contributed by atoms with Crippen molar-refractivity contribution in [2.45, 2.75) is 50.9 Å². The summed E-state index contributed by atoms with van der Waals surface area (Å²) in [6.45, 7) is 2.05. The molecular weight excluding hydrogens is 288 g/mol. The number of carbonyl (C=O) groups is 1. The lowest BCUT2D eigenvalue weighted by Gasteiger charge is -2.57. The Hall–Kier alpha value is -1.77. The highest BCUT2D eigenvalue weighted by Crippen LogP contribution is 2.60. The molecule has 1 N–H and O–H groups in total. The number of hydrogen-bond acceptors (Lipinski definition) is 2. The van der Waals surface area contributed by atoms with E-state index in [-0.39, 0.29) is 0 Å². The minimum Gasteiger partial charge on any atom is -0.478 e. The molecule has 5 rings (SSSR count). The summed E-state index contributed by atoms with van der Waals surface area (Å²) in [5, 5.41) is 8.63. The maximum atomic E-state index is 10.5. The quantitative estimate of drug-likeness (QED) is 0.660. The zero-order valence-electron chi connectivity index (χ0n) is 13.6. The Balaban J connectivity index is 1.58. The summed E-state index contributed by atoms with van der Waals surface area (Å²) < 4.78 is 5.46. The number of aryl methyl sites for hydroxylation is 1. The highest BCUT2D eigenvalue weighted by atomic mass is 16.5. The molecule has 4 aliphatic carbocycles. The molecule has 0 amide bonds. The van der Waals surface area contributed by atoms with Gasteiger partial charge in [0, 0.05) is 0 Å². The van der Waals surface area contributed by atoms with Crippen molar-refractivity contribution in [2.75, 3.05) is 0 Å². The number of hydrogen-bond donors (Lipinski definition) is 1. The van der Waals surface area contributed by atoms with E-state index < -0.39 is 5.97 Å². The van der Waals surface area contributed by atoms with Crippen molar-refractivity contribution in [3.63, 3.8) is 0 Å². The fraction of sp³-hybridized carbons (Fsp3) is 0.550. The highest BCUT2D eigenvalue weighted by molar-refractivity contribution is 5.79. The van der Waals surface area contributed by atoms with Crippen LogP contribution in [0.1, 0.15) is 49.7 Å². The molecule has 4 fully saturated rings. The molecule has 0 heterocycles. The SMILES string of the molecule is Cc1cc(C23CC4CC(CC(C4)C2)C3)ccc1OC=CC(=O)O. The molecule has 0 atom stereocenters. The molecule has 1 aromatic rings. The summed E-state index contributed by atoms with van der Waals surface area (Å²) >= 11 is 0. The monoisotopic (exact) mass is 312 g/mol. The van der Waals surface area contributed by atoms with Gasteiger partial charge in [-0.1, -0.05) is 12.1 Å². The molecule has 0 aromatic heterocycles. The Morgan fingerprint density at radius 3 is 2.30 bits per heavy atom. The maximum absolute atomic E-state index is 10.5. The van der Waals surface area contributed by atoms with Crippen LogP contribution in [0.15, 0.2) is 30.5 Å². The average Bonchev–Trinajstić information content (AvgIpc) is 2.47. The zero-order valence-corrected chi connectivity index (χ0v) is 13.6. The van der Waals surface area contributed by atoms with Crippen molar-refractivity contribution in [2.24, 2.45) is 17.8 Å². The average molecular weight is 312 g/mol. The highest BCUT2D eigenvalue weighted by Gasteiger charge is 2.51. The minimum absolute atomic E-state index is 0.398. The Kier molecular flexibility index (Phi) is 3.47. The van der Waals surface area contributed by atoms with E-state index >= 15 is 0 Å². The molecular formula is C20H24O3. The van der Waals surface area contributed by atoms with E-state index in [0.29, 0.717) is 5.41 Å².